The first-order valence-corrected chi connectivity index (χ1v) is 10.2. The first-order valence-electron chi connectivity index (χ1n) is 10.2. The highest BCUT2D eigenvalue weighted by molar-refractivity contribution is 5.88. The summed E-state index contributed by atoms with van der Waals surface area (Å²) in [5.41, 5.74) is 0. The van der Waals surface area contributed by atoms with E-state index in [2.05, 4.69) is 14.2 Å². The standard InChI is InChI=1S/C6H10O2.C5H6O3.C5H8O2.C4H6O3.4CH4/c7-6-4-2-1-3-5-8-6;6-4-1-2-5(7)8-3-4;6-5-3-1-2-4-7-5;5-4-3-6-1-2-7-4;;;;/h1-5H2;1-3H2;1-4H2;1-3H2;4*1H4. The molecule has 0 atom stereocenters. The highest BCUT2D eigenvalue weighted by Crippen LogP contribution is 2.06. The van der Waals surface area contributed by atoms with Gasteiger partial charge in [-0.25, -0.2) is 4.79 Å². The van der Waals surface area contributed by atoms with Gasteiger partial charge in [0.05, 0.1) is 26.2 Å². The number of rotatable bonds is 0. The molecule has 34 heavy (non-hydrogen) atoms. The third kappa shape index (κ3) is 22.7. The van der Waals surface area contributed by atoms with E-state index in [1.807, 2.05) is 0 Å². The highest BCUT2D eigenvalue weighted by Gasteiger charge is 2.15. The monoisotopic (exact) mass is 494 g/mol. The van der Waals surface area contributed by atoms with Crippen LogP contribution in [0.25, 0.3) is 0 Å². The Hall–Kier alpha value is -2.49. The topological polar surface area (TPSA) is 132 Å². The molecule has 0 aliphatic carbocycles. The third-order valence-electron chi connectivity index (χ3n) is 4.04. The summed E-state index contributed by atoms with van der Waals surface area (Å²) >= 11 is 0. The maximum Gasteiger partial charge on any atom is 0.332 e. The van der Waals surface area contributed by atoms with Crippen molar-refractivity contribution in [3.8, 4) is 0 Å². The Labute approximate surface area is 205 Å². The van der Waals surface area contributed by atoms with E-state index in [-0.39, 0.29) is 79.0 Å². The average Bonchev–Trinajstić information content (AvgIpc) is 3.00. The van der Waals surface area contributed by atoms with Crippen LogP contribution < -0.4 is 0 Å². The summed E-state index contributed by atoms with van der Waals surface area (Å²) in [6.45, 7) is 2.35. The van der Waals surface area contributed by atoms with Gasteiger partial charge in [-0.1, -0.05) is 29.7 Å². The number of carbonyl (C=O) groups excluding carboxylic acids is 5. The van der Waals surface area contributed by atoms with Gasteiger partial charge in [0, 0.05) is 19.3 Å². The minimum absolute atomic E-state index is 0. The summed E-state index contributed by atoms with van der Waals surface area (Å²) in [7, 11) is 0. The number of ether oxygens (including phenoxy) is 5. The molecule has 0 aromatic carbocycles. The smallest absolute Gasteiger partial charge is 0.332 e. The van der Waals surface area contributed by atoms with Gasteiger partial charge < -0.3 is 23.7 Å². The number of ketones is 1. The van der Waals surface area contributed by atoms with Crippen LogP contribution in [0.5, 0.6) is 0 Å². The molecule has 4 rings (SSSR count). The number of cyclic esters (lactones) is 4. The molecular weight excluding hydrogens is 448 g/mol. The maximum atomic E-state index is 10.5. The summed E-state index contributed by atoms with van der Waals surface area (Å²) in [5.74, 6) is -0.561. The van der Waals surface area contributed by atoms with Crippen molar-refractivity contribution in [2.24, 2.45) is 0 Å². The van der Waals surface area contributed by atoms with E-state index >= 15 is 0 Å². The Morgan fingerprint density at radius 1 is 0.412 bits per heavy atom. The molecule has 0 N–H and O–H groups in total. The normalized spacial score (nSPS) is 18.8. The van der Waals surface area contributed by atoms with Crippen molar-refractivity contribution in [1.82, 2.24) is 0 Å². The van der Waals surface area contributed by atoms with Gasteiger partial charge in [0.25, 0.3) is 0 Å². The number of hydrogen-bond acceptors (Lipinski definition) is 10. The van der Waals surface area contributed by atoms with Crippen molar-refractivity contribution < 1.29 is 47.7 Å². The quantitative estimate of drug-likeness (QED) is 0.362. The summed E-state index contributed by atoms with van der Waals surface area (Å²) in [6.07, 6.45) is 7.14. The molecule has 0 unspecified atom stereocenters. The number of esters is 4. The van der Waals surface area contributed by atoms with Gasteiger partial charge >= 0.3 is 23.9 Å². The molecule has 4 aliphatic heterocycles. The first-order chi connectivity index (χ1) is 14.5. The third-order valence-corrected chi connectivity index (χ3v) is 4.04. The van der Waals surface area contributed by atoms with Crippen LogP contribution >= 0.6 is 0 Å². The number of carbonyl (C=O) groups is 5. The fraction of sp³-hybridized carbons (Fsp3) is 0.792. The fourth-order valence-corrected chi connectivity index (χ4v) is 2.39. The maximum absolute atomic E-state index is 10.5. The Morgan fingerprint density at radius 3 is 1.29 bits per heavy atom. The second-order valence-electron chi connectivity index (χ2n) is 6.68. The molecule has 4 heterocycles. The molecule has 4 fully saturated rings. The lowest BCUT2D eigenvalue weighted by molar-refractivity contribution is -0.159. The van der Waals surface area contributed by atoms with Gasteiger partial charge in [-0.2, -0.15) is 0 Å². The largest absolute Gasteiger partial charge is 0.466 e. The van der Waals surface area contributed by atoms with E-state index in [9.17, 15) is 24.0 Å². The van der Waals surface area contributed by atoms with Crippen LogP contribution in [-0.2, 0) is 47.7 Å². The van der Waals surface area contributed by atoms with Crippen molar-refractivity contribution in [2.45, 2.75) is 87.5 Å². The summed E-state index contributed by atoms with van der Waals surface area (Å²) in [5, 5.41) is 0. The highest BCUT2D eigenvalue weighted by atomic mass is 16.6. The zero-order valence-electron chi connectivity index (χ0n) is 17.2. The molecule has 0 bridgehead atoms. The van der Waals surface area contributed by atoms with Crippen molar-refractivity contribution in [3.63, 3.8) is 0 Å². The Balaban J connectivity index is -0.000000170. The van der Waals surface area contributed by atoms with Crippen LogP contribution in [0.4, 0.5) is 0 Å². The van der Waals surface area contributed by atoms with Crippen molar-refractivity contribution in [3.05, 3.63) is 0 Å². The fourth-order valence-electron chi connectivity index (χ4n) is 2.39. The van der Waals surface area contributed by atoms with Crippen LogP contribution in [-0.4, -0.2) is 69.3 Å². The van der Waals surface area contributed by atoms with Gasteiger partial charge in [-0.05, 0) is 32.1 Å². The SMILES string of the molecule is C.C.C.C.O=C1CCC(=O)OC1.O=C1CCCCCO1.O=C1CCCCO1.O=C1COCCO1. The van der Waals surface area contributed by atoms with E-state index < -0.39 is 0 Å². The minimum atomic E-state index is -0.260. The molecule has 0 amide bonds. The predicted octanol–water partition coefficient (Wildman–Crippen LogP) is 3.81. The van der Waals surface area contributed by atoms with Crippen LogP contribution in [0.3, 0.4) is 0 Å². The Bertz CT molecular complexity index is 498. The van der Waals surface area contributed by atoms with E-state index in [0.29, 0.717) is 45.7 Å². The molecule has 0 aromatic rings. The Morgan fingerprint density at radius 2 is 0.912 bits per heavy atom. The molecule has 0 aromatic heterocycles. The van der Waals surface area contributed by atoms with Crippen LogP contribution in [0, 0.1) is 0 Å². The summed E-state index contributed by atoms with van der Waals surface area (Å²) in [4.78, 5) is 51.4. The van der Waals surface area contributed by atoms with Gasteiger partial charge in [0.1, 0.15) is 19.8 Å². The molecule has 4 aliphatic rings. The number of Topliss-reactive ketones (excluding diaryl/α,β-unsaturated/α-hetero) is 1. The summed E-state index contributed by atoms with van der Waals surface area (Å²) in [6, 6.07) is 0. The van der Waals surface area contributed by atoms with Crippen LogP contribution in [0.2, 0.25) is 0 Å². The molecule has 0 spiro atoms. The molecule has 0 saturated carbocycles. The van der Waals surface area contributed by atoms with Gasteiger partial charge in [0.15, 0.2) is 5.78 Å². The second-order valence-corrected chi connectivity index (χ2v) is 6.68. The van der Waals surface area contributed by atoms with E-state index in [1.165, 1.54) is 0 Å². The van der Waals surface area contributed by atoms with Crippen LogP contribution in [0.15, 0.2) is 0 Å². The minimum Gasteiger partial charge on any atom is -0.466 e. The van der Waals surface area contributed by atoms with Crippen LogP contribution in [0.1, 0.15) is 87.5 Å². The van der Waals surface area contributed by atoms with Gasteiger partial charge in [0.2, 0.25) is 0 Å². The zero-order chi connectivity index (χ0) is 22.0. The molecule has 4 saturated heterocycles. The lowest BCUT2D eigenvalue weighted by Crippen LogP contribution is -2.22. The number of hydrogen-bond donors (Lipinski definition) is 0. The van der Waals surface area contributed by atoms with E-state index in [4.69, 9.17) is 9.47 Å². The van der Waals surface area contributed by atoms with E-state index in [1.54, 1.807) is 0 Å². The Kier molecular flexibility index (Phi) is 28.7. The lowest BCUT2D eigenvalue weighted by Gasteiger charge is -2.09. The first kappa shape index (κ1) is 38.8. The second kappa shape index (κ2) is 25.1. The van der Waals surface area contributed by atoms with Crippen molar-refractivity contribution in [1.29, 1.82) is 0 Å². The molecular formula is C24H46O10. The predicted molar refractivity (Wildman–Crippen MR) is 128 cm³/mol. The van der Waals surface area contributed by atoms with Crippen molar-refractivity contribution >= 4 is 29.7 Å². The molecule has 10 heteroatoms. The van der Waals surface area contributed by atoms with Gasteiger partial charge in [-0.3, -0.25) is 19.2 Å². The van der Waals surface area contributed by atoms with Crippen molar-refractivity contribution in [2.75, 3.05) is 39.6 Å². The zero-order valence-corrected chi connectivity index (χ0v) is 17.2. The van der Waals surface area contributed by atoms with Gasteiger partial charge in [-0.15, -0.1) is 0 Å². The summed E-state index contributed by atoms with van der Waals surface area (Å²) < 4.78 is 23.0. The van der Waals surface area contributed by atoms with E-state index in [0.717, 1.165) is 32.1 Å². The molecule has 0 radical (unpaired) electrons. The average molecular weight is 495 g/mol. The molecule has 202 valence electrons. The molecule has 10 nitrogen and oxygen atoms in total. The lowest BCUT2D eigenvalue weighted by atomic mass is 10.2.